The molecule has 0 radical (unpaired) electrons. The zero-order chi connectivity index (χ0) is 18.3. The molecule has 0 fully saturated rings. The summed E-state index contributed by atoms with van der Waals surface area (Å²) in [5.74, 6) is 2.55. The van der Waals surface area contributed by atoms with Crippen molar-refractivity contribution in [2.24, 2.45) is 5.92 Å². The fourth-order valence-electron chi connectivity index (χ4n) is 4.04. The molecule has 0 bridgehead atoms. The Morgan fingerprint density at radius 1 is 0.962 bits per heavy atom. The van der Waals surface area contributed by atoms with Gasteiger partial charge in [0.2, 0.25) is 5.70 Å². The second-order valence-corrected chi connectivity index (χ2v) is 6.61. The van der Waals surface area contributed by atoms with Crippen LogP contribution in [-0.2, 0) is 15.9 Å². The molecule has 0 saturated heterocycles. The fourth-order valence-corrected chi connectivity index (χ4v) is 4.04. The van der Waals surface area contributed by atoms with Crippen LogP contribution in [0.25, 0.3) is 5.70 Å². The number of hydrogen-bond acceptors (Lipinski definition) is 4. The van der Waals surface area contributed by atoms with Crippen LogP contribution in [0.5, 0.6) is 11.5 Å². The molecule has 2 aliphatic heterocycles. The SMILES string of the molecule is COC1=CC=C2C=C3c4cc(OC)c(OC)cc4CC[N+]3=CC2C1OC. The highest BCUT2D eigenvalue weighted by atomic mass is 16.5. The third kappa shape index (κ3) is 2.54. The van der Waals surface area contributed by atoms with Crippen molar-refractivity contribution in [2.45, 2.75) is 12.5 Å². The Labute approximate surface area is 153 Å². The van der Waals surface area contributed by atoms with E-state index in [1.165, 1.54) is 22.4 Å². The topological polar surface area (TPSA) is 39.9 Å². The Kier molecular flexibility index (Phi) is 4.32. The molecule has 0 saturated carbocycles. The van der Waals surface area contributed by atoms with Gasteiger partial charge >= 0.3 is 0 Å². The van der Waals surface area contributed by atoms with Crippen molar-refractivity contribution < 1.29 is 23.5 Å². The number of methoxy groups -OCH3 is 4. The number of fused-ring (bicyclic) bond motifs is 4. The van der Waals surface area contributed by atoms with E-state index in [0.29, 0.717) is 0 Å². The maximum Gasteiger partial charge on any atom is 0.212 e. The summed E-state index contributed by atoms with van der Waals surface area (Å²) in [5, 5.41) is 0. The first-order valence-corrected chi connectivity index (χ1v) is 8.77. The van der Waals surface area contributed by atoms with Crippen molar-refractivity contribution in [1.82, 2.24) is 0 Å². The lowest BCUT2D eigenvalue weighted by Gasteiger charge is -2.31. The molecule has 2 heterocycles. The van der Waals surface area contributed by atoms with Crippen LogP contribution in [0.2, 0.25) is 0 Å². The van der Waals surface area contributed by atoms with Gasteiger partial charge < -0.3 is 18.9 Å². The van der Waals surface area contributed by atoms with E-state index in [2.05, 4.69) is 35.1 Å². The van der Waals surface area contributed by atoms with E-state index in [4.69, 9.17) is 18.9 Å². The molecule has 26 heavy (non-hydrogen) atoms. The summed E-state index contributed by atoms with van der Waals surface area (Å²) in [4.78, 5) is 0. The monoisotopic (exact) mass is 354 g/mol. The number of ether oxygens (including phenoxy) is 4. The second-order valence-electron chi connectivity index (χ2n) is 6.61. The van der Waals surface area contributed by atoms with E-state index in [1.54, 1.807) is 28.4 Å². The second kappa shape index (κ2) is 6.65. The Morgan fingerprint density at radius 2 is 1.73 bits per heavy atom. The molecule has 5 nitrogen and oxygen atoms in total. The molecular weight excluding hydrogens is 330 g/mol. The first-order valence-electron chi connectivity index (χ1n) is 8.77. The van der Waals surface area contributed by atoms with E-state index in [1.807, 2.05) is 6.08 Å². The van der Waals surface area contributed by atoms with Crippen molar-refractivity contribution in [1.29, 1.82) is 0 Å². The quantitative estimate of drug-likeness (QED) is 0.780. The summed E-state index contributed by atoms with van der Waals surface area (Å²) in [7, 11) is 6.77. The van der Waals surface area contributed by atoms with Gasteiger partial charge in [0.05, 0.1) is 32.8 Å². The minimum atomic E-state index is -0.0930. The first-order chi connectivity index (χ1) is 12.7. The normalized spacial score (nSPS) is 23.4. The standard InChI is InChI=1S/C21H24NO4/c1-23-18-6-5-13-9-17-15-11-20(25-3)19(24-2)10-14(15)7-8-22(17)12-16(13)21(18)26-4/h5-6,9-12,16,21H,7-8H2,1-4H3/q+1. The number of rotatable bonds is 4. The lowest BCUT2D eigenvalue weighted by Crippen LogP contribution is -2.37. The molecule has 3 aliphatic rings. The third-order valence-corrected chi connectivity index (χ3v) is 5.38. The van der Waals surface area contributed by atoms with Crippen molar-refractivity contribution in [3.05, 3.63) is 52.8 Å². The van der Waals surface area contributed by atoms with Crippen LogP contribution < -0.4 is 9.47 Å². The zero-order valence-corrected chi connectivity index (χ0v) is 15.6. The average molecular weight is 354 g/mol. The highest BCUT2D eigenvalue weighted by Gasteiger charge is 2.39. The minimum Gasteiger partial charge on any atom is -0.498 e. The third-order valence-electron chi connectivity index (χ3n) is 5.38. The van der Waals surface area contributed by atoms with Gasteiger partial charge in [-0.2, -0.15) is 0 Å². The van der Waals surface area contributed by atoms with Gasteiger partial charge in [-0.15, -0.1) is 0 Å². The zero-order valence-electron chi connectivity index (χ0n) is 15.6. The predicted octanol–water partition coefficient (Wildman–Crippen LogP) is 2.80. The van der Waals surface area contributed by atoms with Crippen molar-refractivity contribution in [3.63, 3.8) is 0 Å². The van der Waals surface area contributed by atoms with Crippen LogP contribution in [0, 0.1) is 5.92 Å². The summed E-state index contributed by atoms with van der Waals surface area (Å²) in [6.45, 7) is 0.931. The molecule has 0 amide bonds. The fraction of sp³-hybridized carbons (Fsp3) is 0.381. The molecule has 1 aromatic carbocycles. The average Bonchev–Trinajstić information content (AvgIpc) is 2.70. The van der Waals surface area contributed by atoms with E-state index in [-0.39, 0.29) is 12.0 Å². The van der Waals surface area contributed by atoms with E-state index < -0.39 is 0 Å². The number of allylic oxidation sites excluding steroid dienone is 3. The minimum absolute atomic E-state index is 0.0930. The molecule has 1 aliphatic carbocycles. The van der Waals surface area contributed by atoms with E-state index in [9.17, 15) is 0 Å². The van der Waals surface area contributed by atoms with Crippen LogP contribution in [0.1, 0.15) is 11.1 Å². The van der Waals surface area contributed by atoms with Crippen molar-refractivity contribution in [3.8, 4) is 11.5 Å². The van der Waals surface area contributed by atoms with Crippen LogP contribution in [-0.4, -0.2) is 51.9 Å². The molecular formula is C21H24NO4+. The largest absolute Gasteiger partial charge is 0.498 e. The van der Waals surface area contributed by atoms with Crippen LogP contribution in [0.15, 0.2) is 41.7 Å². The van der Waals surface area contributed by atoms with Gasteiger partial charge in [-0.1, -0.05) is 6.08 Å². The van der Waals surface area contributed by atoms with Gasteiger partial charge in [0.25, 0.3) is 0 Å². The molecule has 136 valence electrons. The van der Waals surface area contributed by atoms with Crippen LogP contribution in [0.3, 0.4) is 0 Å². The lowest BCUT2D eigenvalue weighted by molar-refractivity contribution is -0.433. The van der Waals surface area contributed by atoms with Gasteiger partial charge in [0.15, 0.2) is 24.3 Å². The van der Waals surface area contributed by atoms with E-state index in [0.717, 1.165) is 30.2 Å². The van der Waals surface area contributed by atoms with Gasteiger partial charge in [-0.3, -0.25) is 0 Å². The Balaban J connectivity index is 1.81. The highest BCUT2D eigenvalue weighted by molar-refractivity contribution is 5.79. The molecule has 4 rings (SSSR count). The first kappa shape index (κ1) is 16.9. The summed E-state index contributed by atoms with van der Waals surface area (Å²) >= 11 is 0. The van der Waals surface area contributed by atoms with Gasteiger partial charge in [-0.05, 0) is 29.3 Å². The summed E-state index contributed by atoms with van der Waals surface area (Å²) < 4.78 is 24.5. The summed E-state index contributed by atoms with van der Waals surface area (Å²) in [6, 6.07) is 4.17. The van der Waals surface area contributed by atoms with Gasteiger partial charge in [-0.25, -0.2) is 4.58 Å². The Bertz CT molecular complexity index is 863. The van der Waals surface area contributed by atoms with Gasteiger partial charge in [0.1, 0.15) is 11.9 Å². The molecule has 5 heteroatoms. The number of nitrogens with zero attached hydrogens (tertiary/aromatic N) is 1. The lowest BCUT2D eigenvalue weighted by atomic mass is 9.83. The smallest absolute Gasteiger partial charge is 0.212 e. The Hall–Kier alpha value is -2.53. The maximum absolute atomic E-state index is 5.72. The summed E-state index contributed by atoms with van der Waals surface area (Å²) in [6.07, 6.45) is 9.50. The predicted molar refractivity (Wildman–Crippen MR) is 99.9 cm³/mol. The molecule has 0 N–H and O–H groups in total. The van der Waals surface area contributed by atoms with Crippen LogP contribution in [0.4, 0.5) is 0 Å². The maximum atomic E-state index is 5.72. The summed E-state index contributed by atoms with van der Waals surface area (Å²) in [5.41, 5.74) is 4.90. The molecule has 0 aromatic heterocycles. The highest BCUT2D eigenvalue weighted by Crippen LogP contribution is 2.40. The number of benzene rings is 1. The molecule has 0 spiro atoms. The Morgan fingerprint density at radius 3 is 2.42 bits per heavy atom. The van der Waals surface area contributed by atoms with Crippen molar-refractivity contribution >= 4 is 11.9 Å². The molecule has 2 unspecified atom stereocenters. The molecule has 1 aromatic rings. The number of hydrogen-bond donors (Lipinski definition) is 0. The van der Waals surface area contributed by atoms with Crippen LogP contribution >= 0.6 is 0 Å². The van der Waals surface area contributed by atoms with E-state index >= 15 is 0 Å². The van der Waals surface area contributed by atoms with Crippen molar-refractivity contribution in [2.75, 3.05) is 35.0 Å². The van der Waals surface area contributed by atoms with Gasteiger partial charge in [0, 0.05) is 19.6 Å². The molecule has 2 atom stereocenters.